The van der Waals surface area contributed by atoms with Crippen molar-refractivity contribution in [2.24, 2.45) is 7.05 Å². The Labute approximate surface area is 98.2 Å². The van der Waals surface area contributed by atoms with Gasteiger partial charge in [-0.1, -0.05) is 0 Å². The number of hydrogen-bond donors (Lipinski definition) is 0. The molecule has 0 aliphatic carbocycles. The maximum Gasteiger partial charge on any atom is 0.170 e. The second kappa shape index (κ2) is 4.73. The largest absolute Gasteiger partial charge is 0.497 e. The van der Waals surface area contributed by atoms with Crippen molar-refractivity contribution in [3.05, 3.63) is 35.7 Å². The minimum Gasteiger partial charge on any atom is -0.497 e. The molecule has 0 atom stereocenters. The Kier molecular flexibility index (Phi) is 3.13. The maximum atomic E-state index is 11.9. The number of aryl methyl sites for hydroxylation is 1. The summed E-state index contributed by atoms with van der Waals surface area (Å²) in [5.74, 6) is 1.25. The molecule has 0 spiro atoms. The second-order valence-electron chi connectivity index (χ2n) is 3.55. The molecule has 1 aromatic heterocycles. The lowest BCUT2D eigenvalue weighted by molar-refractivity contribution is 0.0989. The molecule has 0 amide bonds. The van der Waals surface area contributed by atoms with Crippen LogP contribution in [0, 0.1) is 0 Å². The van der Waals surface area contributed by atoms with Gasteiger partial charge in [0.15, 0.2) is 11.6 Å². The van der Waals surface area contributed by atoms with E-state index < -0.39 is 0 Å². The molecule has 0 radical (unpaired) electrons. The Morgan fingerprint density at radius 1 is 1.35 bits per heavy atom. The van der Waals surface area contributed by atoms with Crippen LogP contribution in [0.4, 0.5) is 0 Å². The number of rotatable bonds is 4. The van der Waals surface area contributed by atoms with Gasteiger partial charge in [0.1, 0.15) is 5.75 Å². The zero-order valence-corrected chi connectivity index (χ0v) is 9.62. The number of methoxy groups -OCH3 is 1. The predicted molar refractivity (Wildman–Crippen MR) is 59.8 cm³/mol. The van der Waals surface area contributed by atoms with Crippen LogP contribution in [0.15, 0.2) is 24.3 Å². The number of Topliss-reactive ketones (excluding diaryl/α,β-unsaturated/α-hetero) is 1. The number of aromatic nitrogens is 4. The standard InChI is InChI=1S/C11H12N4O2/c1-15-11(12-13-14-15)7-10(16)8-3-5-9(17-2)6-4-8/h3-6H,7H2,1-2H3. The normalized spacial score (nSPS) is 10.2. The van der Waals surface area contributed by atoms with Crippen LogP contribution in [0.25, 0.3) is 0 Å². The van der Waals surface area contributed by atoms with Gasteiger partial charge in [0.05, 0.1) is 13.5 Å². The van der Waals surface area contributed by atoms with Gasteiger partial charge in [-0.15, -0.1) is 5.10 Å². The number of ketones is 1. The number of hydrogen-bond acceptors (Lipinski definition) is 5. The van der Waals surface area contributed by atoms with Crippen LogP contribution in [0.5, 0.6) is 5.75 Å². The Balaban J connectivity index is 2.12. The lowest BCUT2D eigenvalue weighted by Gasteiger charge is -2.02. The van der Waals surface area contributed by atoms with Crippen molar-refractivity contribution in [1.82, 2.24) is 20.2 Å². The van der Waals surface area contributed by atoms with Crippen LogP contribution in [-0.2, 0) is 13.5 Å². The van der Waals surface area contributed by atoms with Crippen molar-refractivity contribution in [1.29, 1.82) is 0 Å². The molecule has 17 heavy (non-hydrogen) atoms. The summed E-state index contributed by atoms with van der Waals surface area (Å²) >= 11 is 0. The number of carbonyl (C=O) groups is 1. The molecule has 1 aromatic carbocycles. The minimum atomic E-state index is -0.0226. The Hall–Kier alpha value is -2.24. The van der Waals surface area contributed by atoms with Crippen LogP contribution < -0.4 is 4.74 Å². The highest BCUT2D eigenvalue weighted by atomic mass is 16.5. The second-order valence-corrected chi connectivity index (χ2v) is 3.55. The minimum absolute atomic E-state index is 0.0226. The van der Waals surface area contributed by atoms with Gasteiger partial charge in [-0.3, -0.25) is 4.79 Å². The van der Waals surface area contributed by atoms with Gasteiger partial charge in [-0.25, -0.2) is 4.68 Å². The van der Waals surface area contributed by atoms with Gasteiger partial charge in [-0.05, 0) is 34.7 Å². The third-order valence-electron chi connectivity index (χ3n) is 2.44. The summed E-state index contributed by atoms with van der Waals surface area (Å²) in [6, 6.07) is 6.96. The fourth-order valence-electron chi connectivity index (χ4n) is 1.42. The summed E-state index contributed by atoms with van der Waals surface area (Å²) in [6.45, 7) is 0. The van der Waals surface area contributed by atoms with E-state index in [0.717, 1.165) is 5.75 Å². The molecule has 0 aliphatic rings. The molecule has 2 rings (SSSR count). The van der Waals surface area contributed by atoms with E-state index in [1.165, 1.54) is 4.68 Å². The van der Waals surface area contributed by atoms with E-state index in [4.69, 9.17) is 4.74 Å². The van der Waals surface area contributed by atoms with Gasteiger partial charge in [-0.2, -0.15) is 0 Å². The number of ether oxygens (including phenoxy) is 1. The average Bonchev–Trinajstić information content (AvgIpc) is 2.75. The predicted octanol–water partition coefficient (Wildman–Crippen LogP) is 0.644. The molecule has 0 bridgehead atoms. The summed E-state index contributed by atoms with van der Waals surface area (Å²) in [4.78, 5) is 11.9. The van der Waals surface area contributed by atoms with Gasteiger partial charge >= 0.3 is 0 Å². The Morgan fingerprint density at radius 2 is 2.06 bits per heavy atom. The molecular formula is C11H12N4O2. The van der Waals surface area contributed by atoms with Crippen LogP contribution in [0.2, 0.25) is 0 Å². The van der Waals surface area contributed by atoms with E-state index in [9.17, 15) is 4.79 Å². The molecule has 2 aromatic rings. The van der Waals surface area contributed by atoms with E-state index in [1.807, 2.05) is 0 Å². The highest BCUT2D eigenvalue weighted by molar-refractivity contribution is 5.97. The molecule has 0 fully saturated rings. The fraction of sp³-hybridized carbons (Fsp3) is 0.273. The van der Waals surface area contributed by atoms with Crippen molar-refractivity contribution in [3.8, 4) is 5.75 Å². The lowest BCUT2D eigenvalue weighted by atomic mass is 10.1. The molecule has 0 N–H and O–H groups in total. The topological polar surface area (TPSA) is 69.9 Å². The van der Waals surface area contributed by atoms with Crippen molar-refractivity contribution in [2.75, 3.05) is 7.11 Å². The maximum absolute atomic E-state index is 11.9. The molecule has 0 saturated heterocycles. The zero-order chi connectivity index (χ0) is 12.3. The van der Waals surface area contributed by atoms with Crippen molar-refractivity contribution in [2.45, 2.75) is 6.42 Å². The van der Waals surface area contributed by atoms with Crippen LogP contribution in [0.3, 0.4) is 0 Å². The van der Waals surface area contributed by atoms with Gasteiger partial charge < -0.3 is 4.74 Å². The SMILES string of the molecule is COc1ccc(C(=O)Cc2nnnn2C)cc1. The quantitative estimate of drug-likeness (QED) is 0.724. The molecule has 0 unspecified atom stereocenters. The molecule has 6 heteroatoms. The first-order valence-corrected chi connectivity index (χ1v) is 5.09. The van der Waals surface area contributed by atoms with Crippen LogP contribution in [0.1, 0.15) is 16.2 Å². The van der Waals surface area contributed by atoms with Gasteiger partial charge in [0.2, 0.25) is 0 Å². The summed E-state index contributed by atoms with van der Waals surface area (Å²) in [5.41, 5.74) is 0.619. The van der Waals surface area contributed by atoms with Crippen molar-refractivity contribution < 1.29 is 9.53 Å². The zero-order valence-electron chi connectivity index (χ0n) is 9.62. The molecule has 0 saturated carbocycles. The van der Waals surface area contributed by atoms with Gasteiger partial charge in [0.25, 0.3) is 0 Å². The van der Waals surface area contributed by atoms with E-state index in [2.05, 4.69) is 15.5 Å². The van der Waals surface area contributed by atoms with Crippen LogP contribution >= 0.6 is 0 Å². The lowest BCUT2D eigenvalue weighted by Crippen LogP contribution is -2.09. The molecule has 1 heterocycles. The summed E-state index contributed by atoms with van der Waals surface area (Å²) in [6.07, 6.45) is 0.190. The number of carbonyl (C=O) groups excluding carboxylic acids is 1. The summed E-state index contributed by atoms with van der Waals surface area (Å²) in [5, 5.41) is 10.9. The first-order chi connectivity index (χ1) is 8.20. The summed E-state index contributed by atoms with van der Waals surface area (Å²) < 4.78 is 6.51. The highest BCUT2D eigenvalue weighted by Gasteiger charge is 2.11. The van der Waals surface area contributed by atoms with Crippen molar-refractivity contribution >= 4 is 5.78 Å². The number of nitrogens with zero attached hydrogens (tertiary/aromatic N) is 4. The average molecular weight is 232 g/mol. The number of tetrazole rings is 1. The Morgan fingerprint density at radius 3 is 2.59 bits per heavy atom. The van der Waals surface area contributed by atoms with Gasteiger partial charge in [0, 0.05) is 12.6 Å². The molecular weight excluding hydrogens is 220 g/mol. The summed E-state index contributed by atoms with van der Waals surface area (Å²) in [7, 11) is 3.29. The first kappa shape index (κ1) is 11.3. The first-order valence-electron chi connectivity index (χ1n) is 5.09. The molecule has 6 nitrogen and oxygen atoms in total. The third-order valence-corrected chi connectivity index (χ3v) is 2.44. The highest BCUT2D eigenvalue weighted by Crippen LogP contribution is 2.12. The van der Waals surface area contributed by atoms with E-state index in [1.54, 1.807) is 38.4 Å². The monoisotopic (exact) mass is 232 g/mol. The molecule has 88 valence electrons. The van der Waals surface area contributed by atoms with E-state index >= 15 is 0 Å². The van der Waals surface area contributed by atoms with E-state index in [0.29, 0.717) is 11.4 Å². The molecule has 0 aliphatic heterocycles. The third kappa shape index (κ3) is 2.47. The number of benzene rings is 1. The fourth-order valence-corrected chi connectivity index (χ4v) is 1.42. The van der Waals surface area contributed by atoms with E-state index in [-0.39, 0.29) is 12.2 Å². The van der Waals surface area contributed by atoms with Crippen LogP contribution in [-0.4, -0.2) is 33.1 Å². The Bertz CT molecular complexity index is 519. The van der Waals surface area contributed by atoms with Crippen molar-refractivity contribution in [3.63, 3.8) is 0 Å². The smallest absolute Gasteiger partial charge is 0.170 e.